The summed E-state index contributed by atoms with van der Waals surface area (Å²) in [5.74, 6) is 0.864. The number of thiocarbonyl (C=S) groups is 1. The Balaban J connectivity index is 1.47. The third kappa shape index (κ3) is 4.33. The molecule has 1 aliphatic rings. The Bertz CT molecular complexity index is 675. The number of benzene rings is 1. The fourth-order valence-corrected chi connectivity index (χ4v) is 3.16. The summed E-state index contributed by atoms with van der Waals surface area (Å²) in [6, 6.07) is 10.5. The van der Waals surface area contributed by atoms with Gasteiger partial charge < -0.3 is 14.7 Å². The Labute approximate surface area is 148 Å². The van der Waals surface area contributed by atoms with Crippen LogP contribution in [0.15, 0.2) is 34.9 Å². The normalized spacial score (nSPS) is 15.5. The largest absolute Gasteiger partial charge is 0.361 e. The lowest BCUT2D eigenvalue weighted by atomic mass is 10.1. The second-order valence-corrected chi connectivity index (χ2v) is 6.56. The SMILES string of the molecule is CCc1ccc(NC(=S)N2CCN(Cc3cc(C)on3)CC2)cc1. The topological polar surface area (TPSA) is 44.5 Å². The highest BCUT2D eigenvalue weighted by Crippen LogP contribution is 2.13. The average Bonchev–Trinajstić information content (AvgIpc) is 3.01. The van der Waals surface area contributed by atoms with Crippen molar-refractivity contribution in [3.05, 3.63) is 47.3 Å². The number of hydrogen-bond acceptors (Lipinski definition) is 4. The molecule has 0 aliphatic carbocycles. The van der Waals surface area contributed by atoms with Crippen LogP contribution in [-0.4, -0.2) is 46.2 Å². The highest BCUT2D eigenvalue weighted by atomic mass is 32.1. The molecule has 0 spiro atoms. The van der Waals surface area contributed by atoms with Gasteiger partial charge in [-0.25, -0.2) is 0 Å². The Morgan fingerprint density at radius 2 is 1.92 bits per heavy atom. The molecule has 0 atom stereocenters. The van der Waals surface area contributed by atoms with E-state index in [1.54, 1.807) is 0 Å². The monoisotopic (exact) mass is 344 g/mol. The Morgan fingerprint density at radius 1 is 1.21 bits per heavy atom. The summed E-state index contributed by atoms with van der Waals surface area (Å²) in [7, 11) is 0. The molecule has 0 unspecified atom stereocenters. The van der Waals surface area contributed by atoms with Gasteiger partial charge in [0.25, 0.3) is 0 Å². The molecule has 1 aromatic heterocycles. The summed E-state index contributed by atoms with van der Waals surface area (Å²) >= 11 is 5.56. The molecule has 2 aromatic rings. The average molecular weight is 344 g/mol. The van der Waals surface area contributed by atoms with Crippen LogP contribution in [0.3, 0.4) is 0 Å². The van der Waals surface area contributed by atoms with Gasteiger partial charge >= 0.3 is 0 Å². The van der Waals surface area contributed by atoms with Crippen molar-refractivity contribution < 1.29 is 4.52 Å². The van der Waals surface area contributed by atoms with E-state index in [2.05, 4.69) is 51.5 Å². The van der Waals surface area contributed by atoms with Crippen LogP contribution in [0.25, 0.3) is 0 Å². The van der Waals surface area contributed by atoms with Gasteiger partial charge in [-0.2, -0.15) is 0 Å². The van der Waals surface area contributed by atoms with Crippen LogP contribution < -0.4 is 5.32 Å². The maximum absolute atomic E-state index is 5.56. The molecule has 2 heterocycles. The van der Waals surface area contributed by atoms with Crippen molar-refractivity contribution in [3.8, 4) is 0 Å². The standard InChI is InChI=1S/C18H24N4OS/c1-3-15-4-6-16(7-5-15)19-18(24)22-10-8-21(9-11-22)13-17-12-14(2)23-20-17/h4-7,12H,3,8-11,13H2,1-2H3,(H,19,24). The predicted molar refractivity (Wildman–Crippen MR) is 100 cm³/mol. The van der Waals surface area contributed by atoms with Gasteiger partial charge in [-0.15, -0.1) is 0 Å². The van der Waals surface area contributed by atoms with Gasteiger partial charge in [0.05, 0.1) is 5.69 Å². The van der Waals surface area contributed by atoms with E-state index in [1.807, 2.05) is 13.0 Å². The highest BCUT2D eigenvalue weighted by molar-refractivity contribution is 7.80. The predicted octanol–water partition coefficient (Wildman–Crippen LogP) is 3.06. The Morgan fingerprint density at radius 3 is 2.50 bits per heavy atom. The van der Waals surface area contributed by atoms with Crippen LogP contribution in [0.5, 0.6) is 0 Å². The third-order valence-electron chi connectivity index (χ3n) is 4.34. The summed E-state index contributed by atoms with van der Waals surface area (Å²) in [6.07, 6.45) is 1.05. The molecular weight excluding hydrogens is 320 g/mol. The Kier molecular flexibility index (Phi) is 5.48. The molecule has 1 fully saturated rings. The summed E-state index contributed by atoms with van der Waals surface area (Å²) in [6.45, 7) is 8.72. The van der Waals surface area contributed by atoms with E-state index in [0.717, 1.165) is 61.4 Å². The molecule has 1 aliphatic heterocycles. The minimum absolute atomic E-state index is 0.802. The molecule has 5 nitrogen and oxygen atoms in total. The van der Waals surface area contributed by atoms with Gasteiger partial charge in [-0.3, -0.25) is 4.90 Å². The van der Waals surface area contributed by atoms with Crippen molar-refractivity contribution in [3.63, 3.8) is 0 Å². The van der Waals surface area contributed by atoms with Crippen LogP contribution >= 0.6 is 12.2 Å². The molecule has 24 heavy (non-hydrogen) atoms. The molecule has 1 aromatic carbocycles. The number of aryl methyl sites for hydroxylation is 2. The number of nitrogens with one attached hydrogen (secondary N) is 1. The first-order valence-electron chi connectivity index (χ1n) is 8.43. The minimum Gasteiger partial charge on any atom is -0.361 e. The summed E-state index contributed by atoms with van der Waals surface area (Å²) in [5, 5.41) is 8.21. The van der Waals surface area contributed by atoms with Crippen molar-refractivity contribution in [2.24, 2.45) is 0 Å². The second kappa shape index (κ2) is 7.77. The van der Waals surface area contributed by atoms with Crippen molar-refractivity contribution in [2.75, 3.05) is 31.5 Å². The van der Waals surface area contributed by atoms with Gasteiger partial charge in [-0.1, -0.05) is 24.2 Å². The van der Waals surface area contributed by atoms with Crippen LogP contribution in [0.2, 0.25) is 0 Å². The number of anilines is 1. The zero-order valence-electron chi connectivity index (χ0n) is 14.3. The Hall–Kier alpha value is -1.92. The van der Waals surface area contributed by atoms with E-state index in [-0.39, 0.29) is 0 Å². The summed E-state index contributed by atoms with van der Waals surface area (Å²) in [4.78, 5) is 4.61. The fourth-order valence-electron chi connectivity index (χ4n) is 2.86. The number of nitrogens with zero attached hydrogens (tertiary/aromatic N) is 3. The van der Waals surface area contributed by atoms with Crippen LogP contribution in [0, 0.1) is 6.92 Å². The quantitative estimate of drug-likeness (QED) is 0.860. The van der Waals surface area contributed by atoms with E-state index >= 15 is 0 Å². The smallest absolute Gasteiger partial charge is 0.173 e. The van der Waals surface area contributed by atoms with Gasteiger partial charge in [0.15, 0.2) is 5.11 Å². The number of hydrogen-bond donors (Lipinski definition) is 1. The summed E-state index contributed by atoms with van der Waals surface area (Å²) in [5.41, 5.74) is 3.39. The maximum atomic E-state index is 5.56. The first-order valence-corrected chi connectivity index (χ1v) is 8.84. The zero-order valence-corrected chi connectivity index (χ0v) is 15.1. The first-order chi connectivity index (χ1) is 11.6. The first kappa shape index (κ1) is 16.9. The fraction of sp³-hybridized carbons (Fsp3) is 0.444. The molecule has 0 saturated carbocycles. The third-order valence-corrected chi connectivity index (χ3v) is 4.70. The molecule has 0 amide bonds. The van der Waals surface area contributed by atoms with Crippen LogP contribution in [0.1, 0.15) is 23.9 Å². The van der Waals surface area contributed by atoms with Crippen LogP contribution in [0.4, 0.5) is 5.69 Å². The van der Waals surface area contributed by atoms with Crippen molar-refractivity contribution in [1.82, 2.24) is 15.0 Å². The summed E-state index contributed by atoms with van der Waals surface area (Å²) < 4.78 is 5.13. The molecule has 1 saturated heterocycles. The van der Waals surface area contributed by atoms with Gasteiger partial charge in [0, 0.05) is 44.5 Å². The zero-order chi connectivity index (χ0) is 16.9. The molecule has 128 valence electrons. The molecule has 0 radical (unpaired) electrons. The second-order valence-electron chi connectivity index (χ2n) is 6.17. The molecule has 0 bridgehead atoms. The number of aromatic nitrogens is 1. The van der Waals surface area contributed by atoms with Gasteiger partial charge in [0.1, 0.15) is 5.76 Å². The lowest BCUT2D eigenvalue weighted by Crippen LogP contribution is -2.49. The maximum Gasteiger partial charge on any atom is 0.173 e. The lowest BCUT2D eigenvalue weighted by molar-refractivity contribution is 0.173. The van der Waals surface area contributed by atoms with E-state index in [4.69, 9.17) is 16.7 Å². The van der Waals surface area contributed by atoms with Crippen LogP contribution in [-0.2, 0) is 13.0 Å². The van der Waals surface area contributed by atoms with Crippen molar-refractivity contribution in [1.29, 1.82) is 0 Å². The minimum atomic E-state index is 0.802. The molecule has 3 rings (SSSR count). The molecule has 6 heteroatoms. The van der Waals surface area contributed by atoms with Crippen molar-refractivity contribution >= 4 is 23.0 Å². The van der Waals surface area contributed by atoms with E-state index in [0.29, 0.717) is 0 Å². The van der Waals surface area contributed by atoms with E-state index in [9.17, 15) is 0 Å². The van der Waals surface area contributed by atoms with E-state index in [1.165, 1.54) is 5.56 Å². The van der Waals surface area contributed by atoms with Crippen molar-refractivity contribution in [2.45, 2.75) is 26.8 Å². The molecule has 1 N–H and O–H groups in total. The lowest BCUT2D eigenvalue weighted by Gasteiger charge is -2.35. The van der Waals surface area contributed by atoms with E-state index < -0.39 is 0 Å². The van der Waals surface area contributed by atoms with Gasteiger partial charge in [0.2, 0.25) is 0 Å². The van der Waals surface area contributed by atoms with Gasteiger partial charge in [-0.05, 0) is 43.3 Å². The molecular formula is C18H24N4OS. The number of rotatable bonds is 4. The number of piperazine rings is 1. The highest BCUT2D eigenvalue weighted by Gasteiger charge is 2.19.